The van der Waals surface area contributed by atoms with Crippen LogP contribution in [-0.4, -0.2) is 0 Å². The molecule has 0 spiro atoms. The number of benzene rings is 1. The summed E-state index contributed by atoms with van der Waals surface area (Å²) in [6.45, 7) is 0. The molecule has 0 N–H and O–H groups in total. The summed E-state index contributed by atoms with van der Waals surface area (Å²) < 4.78 is 12.5. The van der Waals surface area contributed by atoms with Crippen molar-refractivity contribution in [3.8, 4) is 0 Å². The van der Waals surface area contributed by atoms with Crippen molar-refractivity contribution >= 4 is 34.1 Å². The van der Waals surface area contributed by atoms with Gasteiger partial charge >= 0.3 is 0 Å². The van der Waals surface area contributed by atoms with Gasteiger partial charge in [-0.3, -0.25) is 0 Å². The summed E-state index contributed by atoms with van der Waals surface area (Å²) in [7, 11) is 1.23. The molecule has 0 nitrogen and oxygen atoms in total. The van der Waals surface area contributed by atoms with Crippen molar-refractivity contribution in [3.63, 3.8) is 0 Å². The van der Waals surface area contributed by atoms with E-state index in [1.54, 1.807) is 6.07 Å². The fourth-order valence-corrected chi connectivity index (χ4v) is 1.42. The van der Waals surface area contributed by atoms with Crippen LogP contribution in [0.15, 0.2) is 23.1 Å². The lowest BCUT2D eigenvalue weighted by molar-refractivity contribution is 0.627. The maximum Gasteiger partial charge on any atom is 0.141 e. The molecule has 0 radical (unpaired) electrons. The van der Waals surface area contributed by atoms with E-state index in [9.17, 15) is 4.39 Å². The lowest BCUT2D eigenvalue weighted by Crippen LogP contribution is -1.75. The summed E-state index contributed by atoms with van der Waals surface area (Å²) in [5.41, 5.74) is 0. The quantitative estimate of drug-likeness (QED) is 0.528. The van der Waals surface area contributed by atoms with Crippen LogP contribution in [0.25, 0.3) is 0 Å². The Morgan fingerprint density at radius 2 is 2.20 bits per heavy atom. The Morgan fingerprint density at radius 3 is 2.70 bits per heavy atom. The first-order chi connectivity index (χ1) is 4.74. The second kappa shape index (κ2) is 3.51. The Hall–Kier alpha value is 0.140. The summed E-state index contributed by atoms with van der Waals surface area (Å²) in [6, 6.07) is 4.48. The van der Waals surface area contributed by atoms with E-state index in [1.807, 2.05) is 0 Å². The van der Waals surface area contributed by atoms with E-state index in [0.29, 0.717) is 0 Å². The molecule has 4 heteroatoms. The Bertz CT molecular complexity index is 239. The lowest BCUT2D eigenvalue weighted by atomic mass is 10.3. The first kappa shape index (κ1) is 8.24. The van der Waals surface area contributed by atoms with Crippen molar-refractivity contribution in [3.05, 3.63) is 29.0 Å². The van der Waals surface area contributed by atoms with Crippen LogP contribution in [0.2, 0.25) is 5.02 Å². The van der Waals surface area contributed by atoms with Gasteiger partial charge in [-0.05, 0) is 18.2 Å². The van der Waals surface area contributed by atoms with Gasteiger partial charge in [0.15, 0.2) is 0 Å². The maximum absolute atomic E-state index is 12.5. The first-order valence-corrected chi connectivity index (χ1v) is 4.75. The van der Waals surface area contributed by atoms with Crippen molar-refractivity contribution in [2.45, 2.75) is 4.90 Å². The van der Waals surface area contributed by atoms with E-state index >= 15 is 0 Å². The van der Waals surface area contributed by atoms with Gasteiger partial charge in [0, 0.05) is 4.90 Å². The highest BCUT2D eigenvalue weighted by atomic mass is 35.5. The Kier molecular flexibility index (Phi) is 2.89. The van der Waals surface area contributed by atoms with Crippen molar-refractivity contribution in [1.82, 2.24) is 0 Å². The van der Waals surface area contributed by atoms with Gasteiger partial charge in [-0.25, -0.2) is 4.39 Å². The summed E-state index contributed by atoms with van der Waals surface area (Å²) >= 11 is 9.40. The molecule has 0 saturated heterocycles. The van der Waals surface area contributed by atoms with Crippen LogP contribution < -0.4 is 0 Å². The van der Waals surface area contributed by atoms with E-state index in [4.69, 9.17) is 11.6 Å². The van der Waals surface area contributed by atoms with Gasteiger partial charge in [0.2, 0.25) is 0 Å². The number of halogens is 2. The molecule has 0 saturated carbocycles. The zero-order valence-corrected chi connectivity index (χ0v) is 7.31. The monoisotopic (exact) mass is 194 g/mol. The fraction of sp³-hybridized carbons (Fsp3) is 0. The standard InChI is InChI=1S/C6H4ClFS2/c7-5-3-4(10-9)1-2-6(5)8/h1-3,9H. The average molecular weight is 195 g/mol. The average Bonchev–Trinajstić information content (AvgIpc) is 1.95. The van der Waals surface area contributed by atoms with Crippen LogP contribution in [0, 0.1) is 5.82 Å². The Balaban J connectivity index is 3.04. The van der Waals surface area contributed by atoms with Crippen molar-refractivity contribution in [1.29, 1.82) is 0 Å². The zero-order valence-electron chi connectivity index (χ0n) is 4.84. The molecule has 0 aromatic heterocycles. The summed E-state index contributed by atoms with van der Waals surface area (Å²) in [5, 5.41) is 0.138. The topological polar surface area (TPSA) is 0 Å². The van der Waals surface area contributed by atoms with Crippen LogP contribution in [0.3, 0.4) is 0 Å². The molecule has 0 aliphatic carbocycles. The number of rotatable bonds is 1. The van der Waals surface area contributed by atoms with Crippen molar-refractivity contribution in [2.24, 2.45) is 0 Å². The van der Waals surface area contributed by atoms with Crippen molar-refractivity contribution < 1.29 is 4.39 Å². The molecule has 0 fully saturated rings. The molecule has 54 valence electrons. The molecule has 0 aliphatic heterocycles. The van der Waals surface area contributed by atoms with Crippen LogP contribution in [-0.2, 0) is 0 Å². The smallest absolute Gasteiger partial charge is 0.141 e. The van der Waals surface area contributed by atoms with Crippen LogP contribution in [0.1, 0.15) is 0 Å². The minimum atomic E-state index is -0.396. The molecule has 0 aliphatic rings. The molecule has 1 aromatic carbocycles. The van der Waals surface area contributed by atoms with Gasteiger partial charge in [0.05, 0.1) is 5.02 Å². The highest BCUT2D eigenvalue weighted by molar-refractivity contribution is 8.68. The molecule has 0 atom stereocenters. The molecule has 0 bridgehead atoms. The molecule has 0 unspecified atom stereocenters. The molecule has 0 amide bonds. The summed E-state index contributed by atoms with van der Waals surface area (Å²) in [6.07, 6.45) is 0. The third kappa shape index (κ3) is 1.81. The van der Waals surface area contributed by atoms with E-state index in [1.165, 1.54) is 22.9 Å². The summed E-state index contributed by atoms with van der Waals surface area (Å²) in [4.78, 5) is 0.842. The summed E-state index contributed by atoms with van der Waals surface area (Å²) in [5.74, 6) is -0.396. The normalized spacial score (nSPS) is 9.90. The third-order valence-corrected chi connectivity index (χ3v) is 2.38. The first-order valence-electron chi connectivity index (χ1n) is 2.50. The number of thiol groups is 1. The molecular weight excluding hydrogens is 191 g/mol. The third-order valence-electron chi connectivity index (χ3n) is 0.996. The number of hydrogen-bond donors (Lipinski definition) is 1. The second-order valence-electron chi connectivity index (χ2n) is 1.67. The molecule has 0 heterocycles. The molecular formula is C6H4ClFS2. The minimum Gasteiger partial charge on any atom is -0.205 e. The minimum absolute atomic E-state index is 0.138. The van der Waals surface area contributed by atoms with Gasteiger partial charge in [0.25, 0.3) is 0 Å². The fourth-order valence-electron chi connectivity index (χ4n) is 0.534. The highest BCUT2D eigenvalue weighted by Gasteiger charge is 1.98. The van der Waals surface area contributed by atoms with Crippen LogP contribution >= 0.6 is 34.1 Å². The lowest BCUT2D eigenvalue weighted by Gasteiger charge is -1.95. The van der Waals surface area contributed by atoms with Crippen LogP contribution in [0.4, 0.5) is 4.39 Å². The van der Waals surface area contributed by atoms with Crippen LogP contribution in [0.5, 0.6) is 0 Å². The molecule has 1 aromatic rings. The second-order valence-corrected chi connectivity index (χ2v) is 3.28. The Labute approximate surface area is 72.6 Å². The van der Waals surface area contributed by atoms with Gasteiger partial charge in [-0.2, -0.15) is 0 Å². The predicted octanol–water partition coefficient (Wildman–Crippen LogP) is 3.42. The van der Waals surface area contributed by atoms with Gasteiger partial charge in [-0.15, -0.1) is 11.7 Å². The highest BCUT2D eigenvalue weighted by Crippen LogP contribution is 2.25. The number of hydrogen-bond acceptors (Lipinski definition) is 2. The Morgan fingerprint density at radius 1 is 1.50 bits per heavy atom. The van der Waals surface area contributed by atoms with E-state index in [0.717, 1.165) is 4.90 Å². The molecule has 1 rings (SSSR count). The maximum atomic E-state index is 12.5. The van der Waals surface area contributed by atoms with Gasteiger partial charge in [0.1, 0.15) is 5.82 Å². The van der Waals surface area contributed by atoms with Gasteiger partial charge in [-0.1, -0.05) is 22.4 Å². The van der Waals surface area contributed by atoms with E-state index < -0.39 is 5.82 Å². The zero-order chi connectivity index (χ0) is 7.56. The SMILES string of the molecule is Fc1ccc(SS)cc1Cl. The van der Waals surface area contributed by atoms with Gasteiger partial charge < -0.3 is 0 Å². The largest absolute Gasteiger partial charge is 0.205 e. The van der Waals surface area contributed by atoms with E-state index in [2.05, 4.69) is 11.7 Å². The predicted molar refractivity (Wildman–Crippen MR) is 46.3 cm³/mol. The molecule has 10 heavy (non-hydrogen) atoms. The van der Waals surface area contributed by atoms with E-state index in [-0.39, 0.29) is 5.02 Å². The van der Waals surface area contributed by atoms with Crippen molar-refractivity contribution in [2.75, 3.05) is 0 Å².